The molecule has 2 saturated carbocycles. The van der Waals surface area contributed by atoms with Gasteiger partial charge in [0, 0.05) is 132 Å². The maximum absolute atomic E-state index is 6.58. The van der Waals surface area contributed by atoms with Crippen molar-refractivity contribution in [3.8, 4) is 67.4 Å². The summed E-state index contributed by atoms with van der Waals surface area (Å²) in [4.78, 5) is 1.26. The van der Waals surface area contributed by atoms with E-state index >= 15 is 0 Å². The molecule has 0 atom stereocenters. The molecule has 2 aliphatic carbocycles. The zero-order valence-electron chi connectivity index (χ0n) is 82.5. The molecule has 23 aromatic rings. The first-order chi connectivity index (χ1) is 70.7. The first kappa shape index (κ1) is 88.5. The molecule has 15 aromatic carbocycles. The van der Waals surface area contributed by atoms with Crippen LogP contribution in [0.25, 0.3) is 163 Å². The Morgan fingerprint density at radius 1 is 0.285 bits per heavy atom. The normalized spacial score (nSPS) is 14.6. The molecule has 0 N–H and O–H groups in total. The van der Waals surface area contributed by atoms with Gasteiger partial charge in [0.25, 0.3) is 40.4 Å². The van der Waals surface area contributed by atoms with Crippen molar-refractivity contribution >= 4 is 165 Å². The third-order valence-corrected chi connectivity index (χ3v) is 37.8. The maximum atomic E-state index is 6.58. The van der Waals surface area contributed by atoms with Crippen LogP contribution in [0.4, 0.5) is 0 Å². The van der Waals surface area contributed by atoms with E-state index in [0.717, 1.165) is 45.8 Å². The minimum absolute atomic E-state index is 0.260. The Hall–Kier alpha value is -15.7. The van der Waals surface area contributed by atoms with Gasteiger partial charge in [-0.15, -0.1) is 11.3 Å². The fourth-order valence-corrected chi connectivity index (χ4v) is 29.0. The van der Waals surface area contributed by atoms with Crippen molar-refractivity contribution in [2.75, 3.05) is 0 Å². The largest absolute Gasteiger partial charge is 0.464 e. The molecule has 8 aliphatic rings. The molecule has 144 heavy (non-hydrogen) atoms. The van der Waals surface area contributed by atoms with Crippen LogP contribution >= 0.6 is 11.3 Å². The van der Waals surface area contributed by atoms with Crippen LogP contribution < -0.4 is 71.4 Å². The zero-order valence-corrected chi connectivity index (χ0v) is 84.4. The number of rotatable bonds is 8. The number of benzene rings is 15. The van der Waals surface area contributed by atoms with Crippen molar-refractivity contribution in [3.63, 3.8) is 0 Å². The Bertz CT molecular complexity index is 8970. The predicted octanol–water partition coefficient (Wildman–Crippen LogP) is 27.3. The van der Waals surface area contributed by atoms with Crippen LogP contribution in [0.15, 0.2) is 350 Å². The highest BCUT2D eigenvalue weighted by Crippen LogP contribution is 2.52. The molecular formula is C129H112N6O7SSi+6. The van der Waals surface area contributed by atoms with Gasteiger partial charge >= 0.3 is 0 Å². The Morgan fingerprint density at radius 3 is 1.04 bits per heavy atom. The van der Waals surface area contributed by atoms with Crippen molar-refractivity contribution in [1.82, 2.24) is 0 Å². The van der Waals surface area contributed by atoms with Gasteiger partial charge in [-0.05, 0) is 211 Å². The van der Waals surface area contributed by atoms with Crippen LogP contribution in [-0.4, -0.2) is 8.07 Å². The fourth-order valence-electron chi connectivity index (χ4n) is 24.6. The molecular weight excluding hydrogens is 1810 g/mol. The van der Waals surface area contributed by atoms with Gasteiger partial charge in [-0.25, -0.2) is 0 Å². The molecule has 0 radical (unpaired) electrons. The molecule has 0 unspecified atom stereocenters. The number of aromatic nitrogens is 6. The molecule has 0 amide bonds. The molecule has 15 heteroatoms. The Morgan fingerprint density at radius 2 is 0.618 bits per heavy atom. The minimum Gasteiger partial charge on any atom is -0.464 e. The summed E-state index contributed by atoms with van der Waals surface area (Å²) in [5.74, 6) is 7.84. The molecule has 0 saturated heterocycles. The molecule has 2 fully saturated rings. The second kappa shape index (κ2) is 35.8. The summed E-state index contributed by atoms with van der Waals surface area (Å²) in [5, 5.41) is 28.9. The number of nitrogens with zero attached hydrogens (tertiary/aromatic N) is 6. The highest BCUT2D eigenvalue weighted by atomic mass is 32.1. The topological polar surface area (TPSA) is 91.8 Å². The number of ether oxygens (including phenoxy) is 6. The van der Waals surface area contributed by atoms with E-state index in [9.17, 15) is 0 Å². The molecule has 0 spiro atoms. The van der Waals surface area contributed by atoms with Crippen LogP contribution in [-0.2, 0) is 45.8 Å². The Balaban J connectivity index is 0.0000000885. The van der Waals surface area contributed by atoms with Crippen molar-refractivity contribution in [2.45, 2.75) is 165 Å². The molecule has 31 rings (SSSR count). The summed E-state index contributed by atoms with van der Waals surface area (Å²) in [6.45, 7) is 21.3. The van der Waals surface area contributed by atoms with Crippen LogP contribution in [0.3, 0.4) is 0 Å². The number of hydrogen-bond acceptors (Lipinski definition) is 8. The lowest BCUT2D eigenvalue weighted by Crippen LogP contribution is -2.65. The van der Waals surface area contributed by atoms with E-state index in [0.29, 0.717) is 46.3 Å². The predicted molar refractivity (Wildman–Crippen MR) is 584 cm³/mol. The first-order valence-corrected chi connectivity index (χ1v) is 54.4. The van der Waals surface area contributed by atoms with Gasteiger partial charge in [0.1, 0.15) is 42.6 Å². The van der Waals surface area contributed by atoms with Gasteiger partial charge in [0.15, 0.2) is 39.9 Å². The van der Waals surface area contributed by atoms with Crippen LogP contribution in [0.1, 0.15) is 116 Å². The minimum atomic E-state index is -2.27. The lowest BCUT2D eigenvalue weighted by Gasteiger charge is -2.36. The van der Waals surface area contributed by atoms with Gasteiger partial charge in [-0.2, -0.15) is 27.4 Å². The molecule has 0 bridgehead atoms. The molecule has 8 aromatic heterocycles. The molecule has 14 heterocycles. The van der Waals surface area contributed by atoms with Crippen LogP contribution in [0, 0.1) is 41.5 Å². The lowest BCUT2D eigenvalue weighted by atomic mass is 9.70. The summed E-state index contributed by atoms with van der Waals surface area (Å²) < 4.78 is 57.0. The number of aryl methyl sites for hydroxylation is 6. The quantitative estimate of drug-likeness (QED) is 0.0648. The molecule has 13 nitrogen and oxygen atoms in total. The van der Waals surface area contributed by atoms with Crippen molar-refractivity contribution in [3.05, 3.63) is 391 Å². The van der Waals surface area contributed by atoms with Crippen LogP contribution in [0.5, 0.6) is 34.5 Å². The first-order valence-electron chi connectivity index (χ1n) is 51.0. The van der Waals surface area contributed by atoms with E-state index in [1.54, 1.807) is 17.6 Å². The van der Waals surface area contributed by atoms with Gasteiger partial charge in [0.2, 0.25) is 33.1 Å². The lowest BCUT2D eigenvalue weighted by molar-refractivity contribution is -0.707. The maximum Gasteiger partial charge on any atom is 0.292 e. The van der Waals surface area contributed by atoms with E-state index in [2.05, 4.69) is 403 Å². The average Bonchev–Trinajstić information content (AvgIpc) is 0.928. The van der Waals surface area contributed by atoms with Gasteiger partial charge < -0.3 is 32.8 Å². The van der Waals surface area contributed by atoms with Crippen molar-refractivity contribution < 1.29 is 60.2 Å². The van der Waals surface area contributed by atoms with Crippen molar-refractivity contribution in [2.24, 2.45) is 0 Å². The Labute approximate surface area is 841 Å². The van der Waals surface area contributed by atoms with Gasteiger partial charge in [-0.1, -0.05) is 234 Å². The molecule has 704 valence electrons. The third-order valence-electron chi connectivity index (χ3n) is 32.4. The van der Waals surface area contributed by atoms with Crippen molar-refractivity contribution in [1.29, 1.82) is 0 Å². The average molecular weight is 1920 g/mol. The van der Waals surface area contributed by atoms with E-state index in [4.69, 9.17) is 32.8 Å². The highest BCUT2D eigenvalue weighted by Gasteiger charge is 2.42. The van der Waals surface area contributed by atoms with Crippen LogP contribution in [0.2, 0.25) is 6.55 Å². The second-order valence-corrected chi connectivity index (χ2v) is 45.5. The van der Waals surface area contributed by atoms with Gasteiger partial charge in [0.05, 0.1) is 44.1 Å². The van der Waals surface area contributed by atoms with E-state index < -0.39 is 8.07 Å². The Kier molecular flexibility index (Phi) is 22.0. The van der Waals surface area contributed by atoms with E-state index in [1.165, 1.54) is 270 Å². The fraction of sp³-hybridized carbons (Fsp3) is 0.194. The standard InChI is InChI=1S/C28H24NOSi.C22H24NO.C21H16NO.C20H20NO.C19H14NO2.C19H14NOS/c1-20-13-14-22-16-15-21-17-18-25(28-26(21)27(22)29(20)19-30-28)31(2,23-9-5-3-6-10-23)24-11-7-4-8-12-24;1-15-6-7-17-9-8-16-10-11-18(22(2)12-4-3-5-13-22)21-19(16)20(17)23(15)14-24-21;1-14-7-8-17-10-9-16-11-12-18(15-5-3-2-4-6-15)21-19(16)20(17)22(14)13-23-21;1-13-6-7-16-9-8-15-10-11-17(14-4-2-3-5-14)20-18(15)19(16)21(13)12-22-20;1-12-4-5-14-7-6-13-8-9-15(16-3-2-10-21-16)19-17(13)18(14)20(12)11-22-19;1-12-4-5-14-7-6-13-8-9-15(16-3-2-10-22-16)19-17(13)18(14)20(12)11-21-19/h3-18H,19H2,1-2H3;6-11H,3-5,12-14H2,1-2H3;2-12H,13H2,1H3;6-11,14H,2-5,12H2,1H3;2*2-10H,11H2,1H3/q6*+1. The zero-order chi connectivity index (χ0) is 96.7. The summed E-state index contributed by atoms with van der Waals surface area (Å²) in [7, 11) is -2.27. The summed E-state index contributed by atoms with van der Waals surface area (Å²) >= 11 is 1.76. The highest BCUT2D eigenvalue weighted by molar-refractivity contribution is 7.13. The third kappa shape index (κ3) is 14.7. The smallest absolute Gasteiger partial charge is 0.292 e. The van der Waals surface area contributed by atoms with E-state index in [1.807, 2.05) is 18.2 Å². The monoisotopic (exact) mass is 1920 g/mol. The van der Waals surface area contributed by atoms with Gasteiger partial charge in [-0.3, -0.25) is 0 Å². The summed E-state index contributed by atoms with van der Waals surface area (Å²) in [6, 6.07) is 120. The SMILES string of the molecule is Cc1ccc2ccc3ccc(-c4ccccc4)c4c3c2[n+]1CO4.Cc1ccc2ccc3ccc(-c4ccco4)c4c3c2[n+]1CO4.Cc1ccc2ccc3ccc(-c4cccs4)c4c3c2[n+]1CO4.Cc1ccc2ccc3ccc(C4(C)CCCCC4)c4c3c2[n+]1CO4.Cc1ccc2ccc3ccc(C4CCCC4)c4c3c2[n+]1CO4.Cc1ccc2ccc3ccc([Si](C)(c4ccccc4)c4ccccc4)c4c3c2[n+]1CO4. The number of furan rings is 1. The number of pyridine rings is 6. The number of hydrogen-bond donors (Lipinski definition) is 0. The summed E-state index contributed by atoms with van der Waals surface area (Å²) in [6.07, 6.45) is 13.6. The molecule has 6 aliphatic heterocycles. The van der Waals surface area contributed by atoms with E-state index in [-0.39, 0.29) is 5.41 Å². The number of thiophene rings is 1. The second-order valence-electron chi connectivity index (χ2n) is 40.6. The summed E-state index contributed by atoms with van der Waals surface area (Å²) in [5.41, 5.74) is 22.9.